The van der Waals surface area contributed by atoms with Crippen molar-refractivity contribution in [3.8, 4) is 67.8 Å². The highest BCUT2D eigenvalue weighted by atomic mass is 16.3. The highest BCUT2D eigenvalue weighted by Gasteiger charge is 2.25. The number of aromatic nitrogens is 2. The smallest absolute Gasteiger partial charge is 0.206 e. The number of phenolic OH excluding ortho intramolecular Hbond substituents is 4. The van der Waals surface area contributed by atoms with E-state index in [0.29, 0.717) is 11.0 Å². The molecule has 0 unspecified atom stereocenters. The Morgan fingerprint density at radius 1 is 0.327 bits per heavy atom. The first-order valence-electron chi connectivity index (χ1n) is 18.0. The quantitative estimate of drug-likeness (QED) is 0.0813. The summed E-state index contributed by atoms with van der Waals surface area (Å²) in [5, 5.41) is 46.2. The van der Waals surface area contributed by atoms with Crippen LogP contribution in [0.1, 0.15) is 0 Å². The number of fused-ring (bicyclic) bond motifs is 6. The normalized spacial score (nSPS) is 11.6. The zero-order valence-electron chi connectivity index (χ0n) is 29.3. The lowest BCUT2D eigenvalue weighted by atomic mass is 9.91. The van der Waals surface area contributed by atoms with Gasteiger partial charge in [-0.2, -0.15) is 0 Å². The minimum absolute atomic E-state index is 0.0206. The molecular weight excluding hydrogens is 679 g/mol. The number of aromatic hydroxyl groups is 4. The molecule has 8 aromatic carbocycles. The van der Waals surface area contributed by atoms with Crippen LogP contribution in [0.3, 0.4) is 0 Å². The summed E-state index contributed by atoms with van der Waals surface area (Å²) in [5.41, 5.74) is 11.0. The van der Waals surface area contributed by atoms with E-state index in [0.717, 1.165) is 71.6 Å². The molecule has 2 radical (unpaired) electrons. The molecule has 2 aromatic heterocycles. The van der Waals surface area contributed by atoms with E-state index in [9.17, 15) is 20.4 Å². The van der Waals surface area contributed by atoms with E-state index in [2.05, 4.69) is 120 Å². The SMILES string of the molecule is [B]c1c(O)c(O)c(O)c(O)c1-n1c2ccccc2c2cc(-c3ccc4c(c3)c3ccccc3n4-c3cc(-c4ccccc4)cc(-c4ccccc4)c3)ccc21. The Kier molecular flexibility index (Phi) is 7.25. The summed E-state index contributed by atoms with van der Waals surface area (Å²) in [7, 11) is 6.26. The Morgan fingerprint density at radius 2 is 0.764 bits per heavy atom. The van der Waals surface area contributed by atoms with Crippen molar-refractivity contribution in [2.24, 2.45) is 0 Å². The highest BCUT2D eigenvalue weighted by Crippen LogP contribution is 2.46. The Bertz CT molecular complexity index is 3060. The van der Waals surface area contributed by atoms with Gasteiger partial charge in [0.05, 0.1) is 27.8 Å². The standard InChI is InChI=1S/C48H31BN2O4/c49-43-44(46(53)48(55)47(54)45(43)52)51-40-18-10-8-16-36(40)38-27-31(20-22-42(38)51)30-19-21-41-37(26-30)35-15-7-9-17-39(35)50(41)34-24-32(28-11-3-1-4-12-28)23-33(25-34)29-13-5-2-6-14-29/h1-27,52-55H. The number of phenols is 4. The van der Waals surface area contributed by atoms with Gasteiger partial charge in [-0.3, -0.25) is 0 Å². The first-order valence-corrected chi connectivity index (χ1v) is 18.0. The van der Waals surface area contributed by atoms with E-state index < -0.39 is 23.0 Å². The average molecular weight is 711 g/mol. The number of benzene rings is 8. The van der Waals surface area contributed by atoms with Gasteiger partial charge in [-0.05, 0) is 93.4 Å². The van der Waals surface area contributed by atoms with E-state index >= 15 is 0 Å². The van der Waals surface area contributed by atoms with Gasteiger partial charge in [0.1, 0.15) is 7.85 Å². The fraction of sp³-hybridized carbons (Fsp3) is 0. The van der Waals surface area contributed by atoms with Gasteiger partial charge in [-0.15, -0.1) is 0 Å². The fourth-order valence-electron chi connectivity index (χ4n) is 8.09. The molecule has 0 aliphatic carbocycles. The van der Waals surface area contributed by atoms with Gasteiger partial charge in [-0.1, -0.05) is 109 Å². The molecular formula is C48H31BN2O4. The molecule has 10 aromatic rings. The Labute approximate surface area is 317 Å². The molecule has 55 heavy (non-hydrogen) atoms. The summed E-state index contributed by atoms with van der Waals surface area (Å²) < 4.78 is 4.05. The van der Waals surface area contributed by atoms with E-state index in [1.165, 1.54) is 0 Å². The maximum absolute atomic E-state index is 11.0. The molecule has 0 aliphatic heterocycles. The lowest BCUT2D eigenvalue weighted by Gasteiger charge is -2.17. The Morgan fingerprint density at radius 3 is 1.31 bits per heavy atom. The summed E-state index contributed by atoms with van der Waals surface area (Å²) in [6, 6.07) is 56.6. The molecule has 0 fully saturated rings. The van der Waals surface area contributed by atoms with Crippen LogP contribution >= 0.6 is 0 Å². The predicted molar refractivity (Wildman–Crippen MR) is 223 cm³/mol. The van der Waals surface area contributed by atoms with Crippen LogP contribution in [0.5, 0.6) is 23.0 Å². The van der Waals surface area contributed by atoms with Gasteiger partial charge < -0.3 is 29.6 Å². The van der Waals surface area contributed by atoms with Gasteiger partial charge in [0.2, 0.25) is 11.5 Å². The molecule has 0 saturated carbocycles. The zero-order valence-corrected chi connectivity index (χ0v) is 29.3. The van der Waals surface area contributed by atoms with Crippen molar-refractivity contribution in [1.29, 1.82) is 0 Å². The lowest BCUT2D eigenvalue weighted by Crippen LogP contribution is -2.14. The largest absolute Gasteiger partial charge is 0.505 e. The van der Waals surface area contributed by atoms with Crippen LogP contribution in [0.15, 0.2) is 164 Å². The summed E-state index contributed by atoms with van der Waals surface area (Å²) in [4.78, 5) is 0. The van der Waals surface area contributed by atoms with Crippen molar-refractivity contribution in [3.05, 3.63) is 164 Å². The molecule has 10 rings (SSSR count). The van der Waals surface area contributed by atoms with Crippen LogP contribution in [0.4, 0.5) is 0 Å². The van der Waals surface area contributed by atoms with E-state index in [1.807, 2.05) is 48.5 Å². The molecule has 6 nitrogen and oxygen atoms in total. The van der Waals surface area contributed by atoms with E-state index in [1.54, 1.807) is 4.57 Å². The molecule has 0 saturated heterocycles. The fourth-order valence-corrected chi connectivity index (χ4v) is 8.09. The predicted octanol–water partition coefficient (Wildman–Crippen LogP) is 10.5. The van der Waals surface area contributed by atoms with Gasteiger partial charge >= 0.3 is 0 Å². The first-order chi connectivity index (χ1) is 26.9. The second-order valence-electron chi connectivity index (χ2n) is 13.8. The summed E-state index contributed by atoms with van der Waals surface area (Å²) in [5.74, 6) is -3.06. The molecule has 260 valence electrons. The third-order valence-electron chi connectivity index (χ3n) is 10.7. The van der Waals surface area contributed by atoms with Crippen molar-refractivity contribution < 1.29 is 20.4 Å². The molecule has 2 heterocycles. The number of hydrogen-bond acceptors (Lipinski definition) is 4. The molecule has 4 N–H and O–H groups in total. The van der Waals surface area contributed by atoms with Crippen molar-refractivity contribution in [2.75, 3.05) is 0 Å². The number of rotatable bonds is 5. The van der Waals surface area contributed by atoms with Gasteiger partial charge in [0.15, 0.2) is 11.5 Å². The van der Waals surface area contributed by atoms with E-state index in [4.69, 9.17) is 7.85 Å². The third-order valence-corrected chi connectivity index (χ3v) is 10.7. The molecule has 0 bridgehead atoms. The summed E-state index contributed by atoms with van der Waals surface area (Å²) in [6.07, 6.45) is 0. The third kappa shape index (κ3) is 4.97. The molecule has 0 atom stereocenters. The zero-order chi connectivity index (χ0) is 37.4. The maximum atomic E-state index is 11.0. The van der Waals surface area contributed by atoms with Crippen LogP contribution < -0.4 is 5.46 Å². The lowest BCUT2D eigenvalue weighted by molar-refractivity contribution is 0.347. The van der Waals surface area contributed by atoms with Crippen molar-refractivity contribution in [3.63, 3.8) is 0 Å². The number of para-hydroxylation sites is 2. The molecule has 0 aliphatic rings. The van der Waals surface area contributed by atoms with Gasteiger partial charge in [-0.25, -0.2) is 0 Å². The molecule has 0 amide bonds. The minimum atomic E-state index is -0.876. The molecule has 0 spiro atoms. The summed E-state index contributed by atoms with van der Waals surface area (Å²) in [6.45, 7) is 0. The molecule has 7 heteroatoms. The number of hydrogen-bond donors (Lipinski definition) is 4. The first kappa shape index (κ1) is 32.3. The van der Waals surface area contributed by atoms with Gasteiger partial charge in [0, 0.05) is 27.2 Å². The van der Waals surface area contributed by atoms with Crippen LogP contribution in [0.2, 0.25) is 0 Å². The highest BCUT2D eigenvalue weighted by molar-refractivity contribution is 6.38. The second kappa shape index (κ2) is 12.4. The van der Waals surface area contributed by atoms with Gasteiger partial charge in [0.25, 0.3) is 0 Å². The van der Waals surface area contributed by atoms with E-state index in [-0.39, 0.29) is 11.2 Å². The Balaban J connectivity index is 1.17. The average Bonchev–Trinajstić information content (AvgIpc) is 3.75. The number of nitrogens with zero attached hydrogens (tertiary/aromatic N) is 2. The monoisotopic (exact) mass is 710 g/mol. The topological polar surface area (TPSA) is 90.8 Å². The Hall–Kier alpha value is -7.38. The van der Waals surface area contributed by atoms with Crippen LogP contribution in [0, 0.1) is 0 Å². The van der Waals surface area contributed by atoms with Crippen molar-refractivity contribution >= 4 is 56.9 Å². The second-order valence-corrected chi connectivity index (χ2v) is 13.8. The van der Waals surface area contributed by atoms with Crippen LogP contribution in [0.25, 0.3) is 88.4 Å². The minimum Gasteiger partial charge on any atom is -0.505 e. The summed E-state index contributed by atoms with van der Waals surface area (Å²) >= 11 is 0. The van der Waals surface area contributed by atoms with Crippen molar-refractivity contribution in [2.45, 2.75) is 0 Å². The van der Waals surface area contributed by atoms with Crippen LogP contribution in [-0.4, -0.2) is 37.4 Å². The van der Waals surface area contributed by atoms with Crippen molar-refractivity contribution in [1.82, 2.24) is 9.13 Å². The maximum Gasteiger partial charge on any atom is 0.206 e. The van der Waals surface area contributed by atoms with Crippen LogP contribution in [-0.2, 0) is 0 Å².